The smallest absolute Gasteiger partial charge is 0.387 e. The first-order chi connectivity index (χ1) is 12.7. The van der Waals surface area contributed by atoms with Crippen LogP contribution < -0.4 is 15.4 Å². The highest BCUT2D eigenvalue weighted by atomic mass is 35.5. The van der Waals surface area contributed by atoms with Crippen LogP contribution in [0.1, 0.15) is 32.3 Å². The average Bonchev–Trinajstić information content (AvgIpc) is 2.59. The number of nitrogens with one attached hydrogen (secondary N) is 2. The van der Waals surface area contributed by atoms with E-state index in [1.54, 1.807) is 7.05 Å². The maximum Gasteiger partial charge on any atom is 0.387 e. The molecule has 0 saturated heterocycles. The molecule has 154 valence electrons. The van der Waals surface area contributed by atoms with Crippen molar-refractivity contribution in [1.82, 2.24) is 15.5 Å². The first-order valence-corrected chi connectivity index (χ1v) is 9.57. The maximum absolute atomic E-state index is 12.6. The number of nitrogens with zero attached hydrogens (tertiary/aromatic N) is 2. The monoisotopic (exact) mass is 424 g/mol. The fourth-order valence-electron chi connectivity index (χ4n) is 2.32. The minimum absolute atomic E-state index is 0.0387. The van der Waals surface area contributed by atoms with E-state index >= 15 is 0 Å². The van der Waals surface area contributed by atoms with Gasteiger partial charge < -0.3 is 20.3 Å². The zero-order valence-electron chi connectivity index (χ0n) is 16.2. The molecule has 0 radical (unpaired) electrons. The molecule has 0 aliphatic heterocycles. The Kier molecular flexibility index (Phi) is 10.7. The zero-order valence-corrected chi connectivity index (χ0v) is 17.7. The highest BCUT2D eigenvalue weighted by Crippen LogP contribution is 2.33. The van der Waals surface area contributed by atoms with Crippen LogP contribution in [0.25, 0.3) is 0 Å². The molecule has 0 spiro atoms. The van der Waals surface area contributed by atoms with Gasteiger partial charge in [-0.2, -0.15) is 8.78 Å². The Balaban J connectivity index is 2.53. The van der Waals surface area contributed by atoms with Gasteiger partial charge in [0.25, 0.3) is 0 Å². The van der Waals surface area contributed by atoms with E-state index in [-0.39, 0.29) is 17.3 Å². The summed E-state index contributed by atoms with van der Waals surface area (Å²) < 4.78 is 29.8. The normalized spacial score (nSPS) is 12.2. The van der Waals surface area contributed by atoms with Crippen LogP contribution in [-0.4, -0.2) is 50.7 Å². The van der Waals surface area contributed by atoms with Crippen molar-refractivity contribution >= 4 is 29.2 Å². The molecule has 0 amide bonds. The van der Waals surface area contributed by atoms with E-state index in [9.17, 15) is 8.78 Å². The van der Waals surface area contributed by atoms with Gasteiger partial charge in [-0.1, -0.05) is 23.2 Å². The summed E-state index contributed by atoms with van der Waals surface area (Å²) in [5.41, 5.74) is 0.425. The van der Waals surface area contributed by atoms with Gasteiger partial charge in [-0.3, -0.25) is 4.99 Å². The molecule has 0 aliphatic rings. The first-order valence-electron chi connectivity index (χ1n) is 8.82. The van der Waals surface area contributed by atoms with Crippen LogP contribution in [-0.2, 0) is 6.54 Å². The fourth-order valence-corrected chi connectivity index (χ4v) is 2.90. The van der Waals surface area contributed by atoms with Crippen LogP contribution in [0.4, 0.5) is 8.78 Å². The second-order valence-electron chi connectivity index (χ2n) is 6.39. The molecule has 27 heavy (non-hydrogen) atoms. The molecule has 9 heteroatoms. The summed E-state index contributed by atoms with van der Waals surface area (Å²) in [7, 11) is 3.75. The van der Waals surface area contributed by atoms with Gasteiger partial charge in [-0.25, -0.2) is 0 Å². The third-order valence-electron chi connectivity index (χ3n) is 4.07. The van der Waals surface area contributed by atoms with Gasteiger partial charge in [0.15, 0.2) is 5.96 Å². The van der Waals surface area contributed by atoms with Gasteiger partial charge >= 0.3 is 6.61 Å². The van der Waals surface area contributed by atoms with Crippen LogP contribution in [0.5, 0.6) is 5.75 Å². The zero-order chi connectivity index (χ0) is 20.4. The van der Waals surface area contributed by atoms with Crippen LogP contribution in [0, 0.1) is 0 Å². The number of hydrogen-bond donors (Lipinski definition) is 2. The molecule has 1 aromatic carbocycles. The molecular weight excluding hydrogens is 397 g/mol. The molecule has 0 aliphatic carbocycles. The molecule has 1 rings (SSSR count). The highest BCUT2D eigenvalue weighted by molar-refractivity contribution is 6.35. The molecular formula is C18H28Cl2F2N4O. The Morgan fingerprint density at radius 3 is 2.52 bits per heavy atom. The number of hydrogen-bond acceptors (Lipinski definition) is 3. The maximum atomic E-state index is 12.6. The molecule has 0 saturated carbocycles. The number of guanidine groups is 1. The number of rotatable bonds is 10. The minimum Gasteiger partial charge on any atom is -0.433 e. The summed E-state index contributed by atoms with van der Waals surface area (Å²) in [6.45, 7) is 3.33. The van der Waals surface area contributed by atoms with E-state index in [1.807, 2.05) is 0 Å². The van der Waals surface area contributed by atoms with Crippen LogP contribution in [0.15, 0.2) is 17.1 Å². The molecule has 0 fully saturated rings. The topological polar surface area (TPSA) is 48.9 Å². The molecule has 0 atom stereocenters. The molecule has 0 heterocycles. The predicted molar refractivity (Wildman–Crippen MR) is 108 cm³/mol. The predicted octanol–water partition coefficient (Wildman–Crippen LogP) is 4.38. The Bertz CT molecular complexity index is 615. The number of ether oxygens (including phenoxy) is 1. The number of benzene rings is 1. The second kappa shape index (κ2) is 12.2. The van der Waals surface area contributed by atoms with Crippen molar-refractivity contribution in [2.45, 2.75) is 45.9 Å². The Hall–Kier alpha value is -1.31. The van der Waals surface area contributed by atoms with Crippen molar-refractivity contribution < 1.29 is 13.5 Å². The number of alkyl halides is 2. The first kappa shape index (κ1) is 23.7. The Labute approximate surface area is 170 Å². The summed E-state index contributed by atoms with van der Waals surface area (Å²) in [6.07, 6.45) is 2.05. The van der Waals surface area contributed by atoms with Gasteiger partial charge in [0.2, 0.25) is 0 Å². The van der Waals surface area contributed by atoms with E-state index in [0.29, 0.717) is 22.6 Å². The number of halogens is 4. The molecule has 0 unspecified atom stereocenters. The van der Waals surface area contributed by atoms with Gasteiger partial charge in [0, 0.05) is 36.8 Å². The molecule has 0 bridgehead atoms. The lowest BCUT2D eigenvalue weighted by atomic mass is 10.2. The van der Waals surface area contributed by atoms with E-state index < -0.39 is 6.61 Å². The second-order valence-corrected chi connectivity index (χ2v) is 7.23. The summed E-state index contributed by atoms with van der Waals surface area (Å²) in [5.74, 6) is 0.474. The van der Waals surface area contributed by atoms with Crippen molar-refractivity contribution in [2.75, 3.05) is 27.2 Å². The molecule has 2 N–H and O–H groups in total. The molecule has 0 aromatic heterocycles. The van der Waals surface area contributed by atoms with Gasteiger partial charge in [0.05, 0.1) is 5.02 Å². The third kappa shape index (κ3) is 8.95. The Morgan fingerprint density at radius 2 is 1.93 bits per heavy atom. The lowest BCUT2D eigenvalue weighted by molar-refractivity contribution is -0.0504. The fraction of sp³-hybridized carbons (Fsp3) is 0.611. The standard InChI is InChI=1S/C18H28Cl2F2N4O/c1-12(2)26(4)8-6-5-7-24-18(23-3)25-11-13-9-14(19)10-15(20)16(13)27-17(21)22/h9-10,12,17H,5-8,11H2,1-4H3,(H2,23,24,25). The molecule has 1 aromatic rings. The summed E-state index contributed by atoms with van der Waals surface area (Å²) in [5, 5.41) is 6.64. The van der Waals surface area contributed by atoms with E-state index in [1.165, 1.54) is 12.1 Å². The van der Waals surface area contributed by atoms with Crippen LogP contribution in [0.3, 0.4) is 0 Å². The average molecular weight is 425 g/mol. The summed E-state index contributed by atoms with van der Waals surface area (Å²) in [4.78, 5) is 6.42. The van der Waals surface area contributed by atoms with Gasteiger partial charge in [0.1, 0.15) is 5.75 Å². The minimum atomic E-state index is -2.97. The van der Waals surface area contributed by atoms with Crippen molar-refractivity contribution in [1.29, 1.82) is 0 Å². The third-order valence-corrected chi connectivity index (χ3v) is 4.57. The number of aliphatic imine (C=N–C) groups is 1. The van der Waals surface area contributed by atoms with Crippen molar-refractivity contribution in [3.05, 3.63) is 27.7 Å². The lowest BCUT2D eigenvalue weighted by Crippen LogP contribution is -2.37. The lowest BCUT2D eigenvalue weighted by Gasteiger charge is -2.20. The summed E-state index contributed by atoms with van der Waals surface area (Å²) >= 11 is 11.9. The van der Waals surface area contributed by atoms with Crippen molar-refractivity contribution in [3.63, 3.8) is 0 Å². The van der Waals surface area contributed by atoms with Gasteiger partial charge in [-0.05, 0) is 52.4 Å². The Morgan fingerprint density at radius 1 is 1.22 bits per heavy atom. The van der Waals surface area contributed by atoms with Gasteiger partial charge in [-0.15, -0.1) is 0 Å². The van der Waals surface area contributed by atoms with E-state index in [0.717, 1.165) is 25.9 Å². The molecule has 5 nitrogen and oxygen atoms in total. The highest BCUT2D eigenvalue weighted by Gasteiger charge is 2.15. The van der Waals surface area contributed by atoms with E-state index in [4.69, 9.17) is 23.2 Å². The largest absolute Gasteiger partial charge is 0.433 e. The summed E-state index contributed by atoms with van der Waals surface area (Å²) in [6, 6.07) is 3.43. The number of unbranched alkanes of at least 4 members (excludes halogenated alkanes) is 1. The quantitative estimate of drug-likeness (QED) is 0.332. The SMILES string of the molecule is CN=C(NCCCCN(C)C(C)C)NCc1cc(Cl)cc(Cl)c1OC(F)F. The van der Waals surface area contributed by atoms with Crippen molar-refractivity contribution in [2.24, 2.45) is 4.99 Å². The van der Waals surface area contributed by atoms with Crippen molar-refractivity contribution in [3.8, 4) is 5.75 Å². The van der Waals surface area contributed by atoms with Crippen LogP contribution >= 0.6 is 23.2 Å². The van der Waals surface area contributed by atoms with E-state index in [2.05, 4.69) is 46.2 Å². The van der Waals surface area contributed by atoms with Crippen LogP contribution in [0.2, 0.25) is 10.0 Å².